The van der Waals surface area contributed by atoms with Gasteiger partial charge in [-0.3, -0.25) is 0 Å². The first kappa shape index (κ1) is 10.5. The number of rotatable bonds is 0. The topological polar surface area (TPSA) is 12.0 Å². The number of fused-ring (bicyclic) bond motifs is 2. The van der Waals surface area contributed by atoms with Gasteiger partial charge < -0.3 is 5.32 Å². The summed E-state index contributed by atoms with van der Waals surface area (Å²) in [7, 11) is 0. The largest absolute Gasteiger partial charge is 0.369 e. The lowest BCUT2D eigenvalue weighted by Gasteiger charge is -2.34. The molecule has 2 heteroatoms. The van der Waals surface area contributed by atoms with Crippen LogP contribution in [0.1, 0.15) is 17.5 Å². The molecule has 0 bridgehead atoms. The first-order valence-electron chi connectivity index (χ1n) is 6.48. The second-order valence-electron chi connectivity index (χ2n) is 5.16. The van der Waals surface area contributed by atoms with Crippen LogP contribution in [0.4, 0.5) is 5.69 Å². The Kier molecular flexibility index (Phi) is 2.21. The molecule has 0 saturated carbocycles. The lowest BCUT2D eigenvalue weighted by Crippen LogP contribution is -2.37. The van der Waals surface area contributed by atoms with Crippen LogP contribution < -0.4 is 5.32 Å². The van der Waals surface area contributed by atoms with Gasteiger partial charge in [-0.1, -0.05) is 48.2 Å². The van der Waals surface area contributed by atoms with E-state index in [0.29, 0.717) is 0 Å². The Morgan fingerprint density at radius 3 is 2.61 bits per heavy atom. The van der Waals surface area contributed by atoms with Crippen molar-refractivity contribution in [3.05, 3.63) is 59.7 Å². The van der Waals surface area contributed by atoms with E-state index in [1.165, 1.54) is 34.6 Å². The third-order valence-corrected chi connectivity index (χ3v) is 5.36. The molecule has 0 amide bonds. The molecule has 18 heavy (non-hydrogen) atoms. The van der Waals surface area contributed by atoms with E-state index in [4.69, 9.17) is 0 Å². The van der Waals surface area contributed by atoms with Crippen LogP contribution in [0.15, 0.2) is 53.4 Å². The summed E-state index contributed by atoms with van der Waals surface area (Å²) in [4.78, 5) is 1.59. The number of hydrogen-bond acceptors (Lipinski definition) is 2. The van der Waals surface area contributed by atoms with Crippen molar-refractivity contribution in [2.45, 2.75) is 29.0 Å². The zero-order valence-electron chi connectivity index (χ0n) is 10.1. The molecule has 2 aromatic carbocycles. The Morgan fingerprint density at radius 1 is 0.944 bits per heavy atom. The van der Waals surface area contributed by atoms with Crippen LogP contribution >= 0.6 is 11.8 Å². The molecular formula is C16H15NS. The Hall–Kier alpha value is -1.41. The maximum Gasteiger partial charge on any atom is 0.0924 e. The smallest absolute Gasteiger partial charge is 0.0924 e. The van der Waals surface area contributed by atoms with E-state index in [2.05, 4.69) is 53.8 Å². The number of aryl methyl sites for hydroxylation is 1. The summed E-state index contributed by atoms with van der Waals surface area (Å²) < 4.78 is 0. The zero-order valence-corrected chi connectivity index (χ0v) is 11.0. The molecule has 1 spiro atoms. The number of thioether (sulfide) groups is 1. The summed E-state index contributed by atoms with van der Waals surface area (Å²) in [6, 6.07) is 17.5. The van der Waals surface area contributed by atoms with Crippen molar-refractivity contribution < 1.29 is 0 Å². The Morgan fingerprint density at radius 2 is 1.72 bits per heavy atom. The Bertz CT molecular complexity index is 581. The lowest BCUT2D eigenvalue weighted by atomic mass is 9.87. The Labute approximate surface area is 112 Å². The fourth-order valence-electron chi connectivity index (χ4n) is 3.04. The first-order valence-corrected chi connectivity index (χ1v) is 7.29. The van der Waals surface area contributed by atoms with Crippen molar-refractivity contribution in [3.63, 3.8) is 0 Å². The minimum atomic E-state index is 0.193. The average Bonchev–Trinajstić information content (AvgIpc) is 2.76. The van der Waals surface area contributed by atoms with Gasteiger partial charge in [0.25, 0.3) is 0 Å². The molecule has 1 aliphatic heterocycles. The predicted octanol–water partition coefficient (Wildman–Crippen LogP) is 4.09. The van der Waals surface area contributed by atoms with Gasteiger partial charge in [-0.25, -0.2) is 0 Å². The quantitative estimate of drug-likeness (QED) is 0.759. The highest BCUT2D eigenvalue weighted by Crippen LogP contribution is 2.50. The molecule has 2 aromatic rings. The van der Waals surface area contributed by atoms with Gasteiger partial charge >= 0.3 is 0 Å². The van der Waals surface area contributed by atoms with E-state index in [1.807, 2.05) is 11.8 Å². The molecule has 0 saturated heterocycles. The van der Waals surface area contributed by atoms with E-state index in [0.717, 1.165) is 6.42 Å². The maximum absolute atomic E-state index is 3.75. The molecule has 1 heterocycles. The van der Waals surface area contributed by atoms with Gasteiger partial charge in [-0.05, 0) is 36.1 Å². The third kappa shape index (κ3) is 1.56. The molecule has 0 radical (unpaired) electrons. The average molecular weight is 253 g/mol. The van der Waals surface area contributed by atoms with E-state index in [-0.39, 0.29) is 4.87 Å². The van der Waals surface area contributed by atoms with Crippen LogP contribution in [-0.4, -0.2) is 4.87 Å². The molecule has 1 unspecified atom stereocenters. The molecule has 1 N–H and O–H groups in total. The van der Waals surface area contributed by atoms with Crippen molar-refractivity contribution in [2.24, 2.45) is 0 Å². The van der Waals surface area contributed by atoms with Crippen LogP contribution in [0.2, 0.25) is 0 Å². The van der Waals surface area contributed by atoms with Gasteiger partial charge in [0.15, 0.2) is 0 Å². The number of para-hydroxylation sites is 1. The summed E-state index contributed by atoms with van der Waals surface area (Å²) in [5.41, 5.74) is 4.35. The van der Waals surface area contributed by atoms with Crippen molar-refractivity contribution in [2.75, 3.05) is 5.32 Å². The van der Waals surface area contributed by atoms with Crippen LogP contribution in [-0.2, 0) is 12.8 Å². The van der Waals surface area contributed by atoms with Gasteiger partial charge in [0.2, 0.25) is 0 Å². The standard InChI is InChI=1S/C16H15NS/c1-2-6-13-11-16(10-9-12(13)5-1)17-14-7-3-4-8-15(14)18-16/h1-8,17H,9-11H2. The minimum absolute atomic E-state index is 0.193. The first-order chi connectivity index (χ1) is 8.85. The molecule has 1 atom stereocenters. The van der Waals surface area contributed by atoms with Gasteiger partial charge in [0.1, 0.15) is 0 Å². The summed E-state index contributed by atoms with van der Waals surface area (Å²) in [5, 5.41) is 3.75. The summed E-state index contributed by atoms with van der Waals surface area (Å²) in [5.74, 6) is 0. The van der Waals surface area contributed by atoms with Crippen molar-refractivity contribution in [1.82, 2.24) is 0 Å². The lowest BCUT2D eigenvalue weighted by molar-refractivity contribution is 0.569. The fraction of sp³-hybridized carbons (Fsp3) is 0.250. The summed E-state index contributed by atoms with van der Waals surface area (Å²) in [6.07, 6.45) is 3.52. The van der Waals surface area contributed by atoms with Gasteiger partial charge in [0, 0.05) is 17.0 Å². The van der Waals surface area contributed by atoms with Crippen molar-refractivity contribution >= 4 is 17.4 Å². The van der Waals surface area contributed by atoms with E-state index >= 15 is 0 Å². The number of benzene rings is 2. The van der Waals surface area contributed by atoms with Crippen molar-refractivity contribution in [1.29, 1.82) is 0 Å². The molecule has 1 nitrogen and oxygen atoms in total. The van der Waals surface area contributed by atoms with E-state index in [1.54, 1.807) is 0 Å². The molecule has 90 valence electrons. The minimum Gasteiger partial charge on any atom is -0.369 e. The van der Waals surface area contributed by atoms with Crippen molar-refractivity contribution in [3.8, 4) is 0 Å². The van der Waals surface area contributed by atoms with Crippen LogP contribution in [0, 0.1) is 0 Å². The van der Waals surface area contributed by atoms with Crippen LogP contribution in [0.25, 0.3) is 0 Å². The molecule has 1 aliphatic carbocycles. The van der Waals surface area contributed by atoms with Gasteiger partial charge in [-0.15, -0.1) is 0 Å². The van der Waals surface area contributed by atoms with Crippen LogP contribution in [0.5, 0.6) is 0 Å². The van der Waals surface area contributed by atoms with Gasteiger partial charge in [-0.2, -0.15) is 0 Å². The zero-order chi connectivity index (χ0) is 12.0. The highest BCUT2D eigenvalue weighted by molar-refractivity contribution is 8.01. The SMILES string of the molecule is c1ccc2c(c1)CCC1(C2)Nc2ccccc2S1. The highest BCUT2D eigenvalue weighted by Gasteiger charge is 2.40. The third-order valence-electron chi connectivity index (χ3n) is 3.95. The number of nitrogens with one attached hydrogen (secondary N) is 1. The second-order valence-corrected chi connectivity index (χ2v) is 6.59. The van der Waals surface area contributed by atoms with E-state index < -0.39 is 0 Å². The summed E-state index contributed by atoms with van der Waals surface area (Å²) in [6.45, 7) is 0. The second kappa shape index (κ2) is 3.79. The molecule has 4 rings (SSSR count). The molecule has 0 fully saturated rings. The maximum atomic E-state index is 3.75. The normalized spacial score (nSPS) is 24.4. The monoisotopic (exact) mass is 253 g/mol. The predicted molar refractivity (Wildman–Crippen MR) is 77.1 cm³/mol. The van der Waals surface area contributed by atoms with Crippen LogP contribution in [0.3, 0.4) is 0 Å². The number of hydrogen-bond donors (Lipinski definition) is 1. The van der Waals surface area contributed by atoms with E-state index in [9.17, 15) is 0 Å². The van der Waals surface area contributed by atoms with Gasteiger partial charge in [0.05, 0.1) is 4.87 Å². The molecule has 2 aliphatic rings. The summed E-state index contributed by atoms with van der Waals surface area (Å²) >= 11 is 2.01. The highest BCUT2D eigenvalue weighted by atomic mass is 32.2. The molecular weight excluding hydrogens is 238 g/mol. The number of anilines is 1. The Balaban J connectivity index is 1.70. The molecule has 0 aromatic heterocycles. The fourth-order valence-corrected chi connectivity index (χ4v) is 4.43.